The Balaban J connectivity index is 2.86. The minimum Gasteiger partial charge on any atom is -0.492 e. The van der Waals surface area contributed by atoms with E-state index in [0.29, 0.717) is 31.0 Å². The molecule has 0 unspecified atom stereocenters. The van der Waals surface area contributed by atoms with Crippen molar-refractivity contribution < 1.29 is 17.9 Å². The zero-order chi connectivity index (χ0) is 18.9. The number of sulfonamides is 1. The SMILES string of the molecule is CCOc1ccc(S(=O)(=O)N(C)C)cc1NC(=O)CCCCCCN. The molecule has 0 aliphatic rings. The molecule has 142 valence electrons. The first-order chi connectivity index (χ1) is 11.8. The zero-order valence-corrected chi connectivity index (χ0v) is 16.1. The predicted molar refractivity (Wildman–Crippen MR) is 99.3 cm³/mol. The summed E-state index contributed by atoms with van der Waals surface area (Å²) in [5, 5.41) is 2.77. The van der Waals surface area contributed by atoms with Gasteiger partial charge in [-0.1, -0.05) is 12.8 Å². The van der Waals surface area contributed by atoms with Crippen molar-refractivity contribution in [3.8, 4) is 5.75 Å². The van der Waals surface area contributed by atoms with Crippen LogP contribution in [0.5, 0.6) is 5.75 Å². The standard InChI is InChI=1S/C17H29N3O4S/c1-4-24-16-11-10-14(25(22,23)20(2)3)13-15(16)19-17(21)9-7-5-6-8-12-18/h10-11,13H,4-9,12,18H2,1-3H3,(H,19,21). The van der Waals surface area contributed by atoms with Gasteiger partial charge in [-0.2, -0.15) is 0 Å². The monoisotopic (exact) mass is 371 g/mol. The average molecular weight is 372 g/mol. The summed E-state index contributed by atoms with van der Waals surface area (Å²) in [4.78, 5) is 12.3. The summed E-state index contributed by atoms with van der Waals surface area (Å²) in [6.45, 7) is 2.91. The molecule has 1 amide bonds. The van der Waals surface area contributed by atoms with Crippen LogP contribution in [0.2, 0.25) is 0 Å². The number of carbonyl (C=O) groups excluding carboxylic acids is 1. The van der Waals surface area contributed by atoms with E-state index in [0.717, 1.165) is 30.0 Å². The maximum absolute atomic E-state index is 12.3. The van der Waals surface area contributed by atoms with Gasteiger partial charge in [-0.05, 0) is 44.5 Å². The Labute approximate surface area is 150 Å². The Morgan fingerprint density at radius 2 is 1.88 bits per heavy atom. The highest BCUT2D eigenvalue weighted by Crippen LogP contribution is 2.29. The number of unbranched alkanes of at least 4 members (excludes halogenated alkanes) is 3. The Bertz CT molecular complexity index is 660. The number of nitrogens with zero attached hydrogens (tertiary/aromatic N) is 1. The average Bonchev–Trinajstić information content (AvgIpc) is 2.56. The largest absolute Gasteiger partial charge is 0.492 e. The van der Waals surface area contributed by atoms with Gasteiger partial charge in [0.2, 0.25) is 15.9 Å². The molecule has 0 spiro atoms. The molecule has 7 nitrogen and oxygen atoms in total. The number of hydrogen-bond acceptors (Lipinski definition) is 5. The quantitative estimate of drug-likeness (QED) is 0.581. The van der Waals surface area contributed by atoms with Gasteiger partial charge >= 0.3 is 0 Å². The van der Waals surface area contributed by atoms with Crippen molar-refractivity contribution in [1.82, 2.24) is 4.31 Å². The van der Waals surface area contributed by atoms with E-state index in [1.54, 1.807) is 6.07 Å². The lowest BCUT2D eigenvalue weighted by molar-refractivity contribution is -0.116. The number of amides is 1. The molecule has 1 aromatic carbocycles. The Kier molecular flexibility index (Phi) is 8.88. The van der Waals surface area contributed by atoms with Gasteiger partial charge in [-0.15, -0.1) is 0 Å². The van der Waals surface area contributed by atoms with Crippen LogP contribution in [-0.4, -0.2) is 45.9 Å². The number of anilines is 1. The number of nitrogens with two attached hydrogens (primary N) is 1. The molecule has 0 aliphatic heterocycles. The molecule has 0 fully saturated rings. The highest BCUT2D eigenvalue weighted by atomic mass is 32.2. The molecule has 25 heavy (non-hydrogen) atoms. The third kappa shape index (κ3) is 6.64. The summed E-state index contributed by atoms with van der Waals surface area (Å²) in [5.41, 5.74) is 5.81. The molecule has 0 saturated carbocycles. The fourth-order valence-electron chi connectivity index (χ4n) is 2.26. The maximum Gasteiger partial charge on any atom is 0.242 e. The van der Waals surface area contributed by atoms with E-state index in [9.17, 15) is 13.2 Å². The molecular weight excluding hydrogens is 342 g/mol. The second-order valence-electron chi connectivity index (χ2n) is 5.88. The van der Waals surface area contributed by atoms with E-state index < -0.39 is 10.0 Å². The summed E-state index contributed by atoms with van der Waals surface area (Å²) in [6.07, 6.45) is 4.05. The number of rotatable bonds is 11. The summed E-state index contributed by atoms with van der Waals surface area (Å²) >= 11 is 0. The first-order valence-corrected chi connectivity index (χ1v) is 9.96. The summed E-state index contributed by atoms with van der Waals surface area (Å²) in [7, 11) is -0.652. The van der Waals surface area contributed by atoms with Gasteiger partial charge in [0.1, 0.15) is 5.75 Å². The summed E-state index contributed by atoms with van der Waals surface area (Å²) in [5.74, 6) is 0.296. The lowest BCUT2D eigenvalue weighted by atomic mass is 10.1. The number of nitrogens with one attached hydrogen (secondary N) is 1. The lowest BCUT2D eigenvalue weighted by Crippen LogP contribution is -2.22. The van der Waals surface area contributed by atoms with Crippen LogP contribution < -0.4 is 15.8 Å². The summed E-state index contributed by atoms with van der Waals surface area (Å²) < 4.78 is 31.2. The Morgan fingerprint density at radius 3 is 2.48 bits per heavy atom. The van der Waals surface area contributed by atoms with Gasteiger partial charge in [0.15, 0.2) is 0 Å². The minimum atomic E-state index is -3.58. The predicted octanol–water partition coefficient (Wildman–Crippen LogP) is 2.18. The Hall–Kier alpha value is -1.64. The number of benzene rings is 1. The van der Waals surface area contributed by atoms with Crippen LogP contribution in [0.3, 0.4) is 0 Å². The molecule has 3 N–H and O–H groups in total. The van der Waals surface area contributed by atoms with Gasteiger partial charge in [0.05, 0.1) is 17.2 Å². The molecule has 1 rings (SSSR count). The van der Waals surface area contributed by atoms with E-state index in [4.69, 9.17) is 10.5 Å². The Morgan fingerprint density at radius 1 is 1.20 bits per heavy atom. The molecular formula is C17H29N3O4S. The first-order valence-electron chi connectivity index (χ1n) is 8.52. The van der Waals surface area contributed by atoms with E-state index in [2.05, 4.69) is 5.32 Å². The first kappa shape index (κ1) is 21.4. The van der Waals surface area contributed by atoms with E-state index >= 15 is 0 Å². The second-order valence-corrected chi connectivity index (χ2v) is 8.03. The molecule has 1 aromatic rings. The van der Waals surface area contributed by atoms with E-state index in [1.165, 1.54) is 26.2 Å². The van der Waals surface area contributed by atoms with Crippen LogP contribution >= 0.6 is 0 Å². The van der Waals surface area contributed by atoms with Gasteiger partial charge in [0, 0.05) is 20.5 Å². The zero-order valence-electron chi connectivity index (χ0n) is 15.2. The second kappa shape index (κ2) is 10.4. The van der Waals surface area contributed by atoms with Crippen molar-refractivity contribution in [3.63, 3.8) is 0 Å². The van der Waals surface area contributed by atoms with Crippen molar-refractivity contribution in [2.75, 3.05) is 32.6 Å². The number of carbonyl (C=O) groups is 1. The number of ether oxygens (including phenoxy) is 1. The smallest absolute Gasteiger partial charge is 0.242 e. The van der Waals surface area contributed by atoms with Gasteiger partial charge in [-0.25, -0.2) is 12.7 Å². The molecule has 0 aromatic heterocycles. The maximum atomic E-state index is 12.3. The van der Waals surface area contributed by atoms with E-state index in [1.807, 2.05) is 6.92 Å². The molecule has 0 aliphatic carbocycles. The fourth-order valence-corrected chi connectivity index (χ4v) is 3.18. The topological polar surface area (TPSA) is 102 Å². The minimum absolute atomic E-state index is 0.110. The van der Waals surface area contributed by atoms with E-state index in [-0.39, 0.29) is 10.8 Å². The van der Waals surface area contributed by atoms with Gasteiger partial charge in [0.25, 0.3) is 0 Å². The van der Waals surface area contributed by atoms with Crippen LogP contribution in [0, 0.1) is 0 Å². The lowest BCUT2D eigenvalue weighted by Gasteiger charge is -2.16. The van der Waals surface area contributed by atoms with Crippen LogP contribution in [0.25, 0.3) is 0 Å². The highest BCUT2D eigenvalue weighted by Gasteiger charge is 2.19. The van der Waals surface area contributed by atoms with Crippen LogP contribution in [0.15, 0.2) is 23.1 Å². The third-order valence-corrected chi connectivity index (χ3v) is 5.47. The molecule has 0 bridgehead atoms. The van der Waals surface area contributed by atoms with Crippen molar-refractivity contribution in [1.29, 1.82) is 0 Å². The van der Waals surface area contributed by atoms with Crippen molar-refractivity contribution in [2.45, 2.75) is 43.9 Å². The number of hydrogen-bond donors (Lipinski definition) is 2. The molecule has 8 heteroatoms. The molecule has 0 saturated heterocycles. The van der Waals surface area contributed by atoms with Crippen molar-refractivity contribution >= 4 is 21.6 Å². The van der Waals surface area contributed by atoms with Gasteiger partial charge < -0.3 is 15.8 Å². The van der Waals surface area contributed by atoms with Crippen molar-refractivity contribution in [2.24, 2.45) is 5.73 Å². The molecule has 0 radical (unpaired) electrons. The normalized spacial score (nSPS) is 11.6. The molecule has 0 atom stereocenters. The van der Waals surface area contributed by atoms with Crippen LogP contribution in [0.4, 0.5) is 5.69 Å². The third-order valence-electron chi connectivity index (χ3n) is 3.66. The van der Waals surface area contributed by atoms with Crippen LogP contribution in [0.1, 0.15) is 39.0 Å². The highest BCUT2D eigenvalue weighted by molar-refractivity contribution is 7.89. The fraction of sp³-hybridized carbons (Fsp3) is 0.588. The molecule has 0 heterocycles. The van der Waals surface area contributed by atoms with Crippen LogP contribution in [-0.2, 0) is 14.8 Å². The van der Waals surface area contributed by atoms with Crippen molar-refractivity contribution in [3.05, 3.63) is 18.2 Å². The summed E-state index contributed by atoms with van der Waals surface area (Å²) in [6, 6.07) is 4.48. The van der Waals surface area contributed by atoms with Gasteiger partial charge in [-0.3, -0.25) is 4.79 Å².